The van der Waals surface area contributed by atoms with Gasteiger partial charge in [0.1, 0.15) is 5.82 Å². The number of aliphatic hydroxyl groups is 1. The smallest absolute Gasteiger partial charge is 0.126 e. The average molecular weight is 241 g/mol. The summed E-state index contributed by atoms with van der Waals surface area (Å²) < 4.78 is 0. The van der Waals surface area contributed by atoms with E-state index in [1.807, 2.05) is 6.07 Å². The summed E-state index contributed by atoms with van der Waals surface area (Å²) in [6, 6.07) is 3.77. The molecule has 0 saturated heterocycles. The zero-order valence-corrected chi connectivity index (χ0v) is 9.95. The molecule has 2 atom stereocenters. The maximum atomic E-state index is 9.95. The fourth-order valence-electron chi connectivity index (χ4n) is 2.11. The van der Waals surface area contributed by atoms with Crippen molar-refractivity contribution in [3.63, 3.8) is 0 Å². The second-order valence-electron chi connectivity index (χ2n) is 4.32. The van der Waals surface area contributed by atoms with E-state index in [0.29, 0.717) is 5.02 Å². The highest BCUT2D eigenvalue weighted by Gasteiger charge is 2.21. The highest BCUT2D eigenvalue weighted by Crippen LogP contribution is 2.21. The average Bonchev–Trinajstić information content (AvgIpc) is 2.48. The van der Waals surface area contributed by atoms with Crippen molar-refractivity contribution in [2.24, 2.45) is 0 Å². The molecule has 2 N–H and O–H groups in total. The van der Waals surface area contributed by atoms with Crippen molar-refractivity contribution in [1.82, 2.24) is 4.98 Å². The normalized spacial score (nSPS) is 26.1. The van der Waals surface area contributed by atoms with Gasteiger partial charge in [-0.3, -0.25) is 0 Å². The van der Waals surface area contributed by atoms with Gasteiger partial charge in [-0.25, -0.2) is 4.98 Å². The van der Waals surface area contributed by atoms with Crippen molar-refractivity contribution in [1.29, 1.82) is 0 Å². The lowest BCUT2D eigenvalue weighted by molar-refractivity contribution is 0.144. The zero-order chi connectivity index (χ0) is 11.4. The van der Waals surface area contributed by atoms with Crippen LogP contribution in [0.15, 0.2) is 18.3 Å². The second kappa shape index (κ2) is 5.51. The molecular formula is C12H17ClN2O. The molecule has 1 aliphatic rings. The summed E-state index contributed by atoms with van der Waals surface area (Å²) in [6.07, 6.45) is 6.74. The third-order valence-corrected chi connectivity index (χ3v) is 3.26. The Bertz CT molecular complexity index is 328. The molecule has 1 heterocycles. The van der Waals surface area contributed by atoms with E-state index in [4.69, 9.17) is 11.6 Å². The Kier molecular flexibility index (Phi) is 4.02. The lowest BCUT2D eigenvalue weighted by Gasteiger charge is -2.22. The van der Waals surface area contributed by atoms with Crippen LogP contribution in [0.1, 0.15) is 32.1 Å². The van der Waals surface area contributed by atoms with Crippen LogP contribution in [-0.4, -0.2) is 22.2 Å². The van der Waals surface area contributed by atoms with Gasteiger partial charge in [0.25, 0.3) is 0 Å². The minimum Gasteiger partial charge on any atom is -0.391 e. The van der Waals surface area contributed by atoms with Gasteiger partial charge in [0, 0.05) is 6.20 Å². The van der Waals surface area contributed by atoms with Gasteiger partial charge in [-0.15, -0.1) is 0 Å². The quantitative estimate of drug-likeness (QED) is 0.782. The van der Waals surface area contributed by atoms with Crippen LogP contribution in [0.5, 0.6) is 0 Å². The fourth-order valence-corrected chi connectivity index (χ4v) is 2.22. The SMILES string of the molecule is OC1CCCCCC1Nc1ccc(Cl)cn1. The van der Waals surface area contributed by atoms with Crippen LogP contribution < -0.4 is 5.32 Å². The molecule has 2 rings (SSSR count). The molecule has 0 bridgehead atoms. The summed E-state index contributed by atoms with van der Waals surface area (Å²) >= 11 is 5.77. The first-order valence-electron chi connectivity index (χ1n) is 5.82. The first kappa shape index (κ1) is 11.7. The van der Waals surface area contributed by atoms with E-state index in [0.717, 1.165) is 25.1 Å². The lowest BCUT2D eigenvalue weighted by atomic mass is 10.1. The molecule has 1 fully saturated rings. The zero-order valence-electron chi connectivity index (χ0n) is 9.19. The number of nitrogens with zero attached hydrogens (tertiary/aromatic N) is 1. The van der Waals surface area contributed by atoms with E-state index in [1.165, 1.54) is 12.8 Å². The minimum absolute atomic E-state index is 0.121. The predicted molar refractivity (Wildman–Crippen MR) is 65.7 cm³/mol. The molecule has 2 unspecified atom stereocenters. The Morgan fingerprint density at radius 1 is 1.25 bits per heavy atom. The van der Waals surface area contributed by atoms with Gasteiger partial charge in [-0.1, -0.05) is 30.9 Å². The van der Waals surface area contributed by atoms with E-state index >= 15 is 0 Å². The maximum absolute atomic E-state index is 9.95. The van der Waals surface area contributed by atoms with Crippen molar-refractivity contribution in [2.45, 2.75) is 44.2 Å². The number of anilines is 1. The Morgan fingerprint density at radius 2 is 2.06 bits per heavy atom. The third kappa shape index (κ3) is 3.09. The molecule has 88 valence electrons. The monoisotopic (exact) mass is 240 g/mol. The Labute approximate surface area is 101 Å². The van der Waals surface area contributed by atoms with Gasteiger partial charge < -0.3 is 10.4 Å². The molecule has 1 aromatic heterocycles. The van der Waals surface area contributed by atoms with Gasteiger partial charge in [0.15, 0.2) is 0 Å². The van der Waals surface area contributed by atoms with Crippen LogP contribution in [-0.2, 0) is 0 Å². The van der Waals surface area contributed by atoms with Gasteiger partial charge in [0.05, 0.1) is 17.2 Å². The fraction of sp³-hybridized carbons (Fsp3) is 0.583. The Hall–Kier alpha value is -0.800. The predicted octanol–water partition coefficient (Wildman–Crippen LogP) is 2.84. The highest BCUT2D eigenvalue weighted by molar-refractivity contribution is 6.30. The summed E-state index contributed by atoms with van der Waals surface area (Å²) in [5, 5.41) is 13.9. The van der Waals surface area contributed by atoms with Crippen LogP contribution in [0.4, 0.5) is 5.82 Å². The van der Waals surface area contributed by atoms with Crippen LogP contribution in [0.2, 0.25) is 5.02 Å². The van der Waals surface area contributed by atoms with E-state index in [-0.39, 0.29) is 12.1 Å². The largest absolute Gasteiger partial charge is 0.391 e. The summed E-state index contributed by atoms with van der Waals surface area (Å²) in [6.45, 7) is 0. The molecule has 4 heteroatoms. The number of aromatic nitrogens is 1. The topological polar surface area (TPSA) is 45.1 Å². The molecule has 0 aliphatic heterocycles. The standard InChI is InChI=1S/C12H17ClN2O/c13-9-6-7-12(14-8-9)15-10-4-2-1-3-5-11(10)16/h6-8,10-11,16H,1-5H2,(H,14,15). The van der Waals surface area contributed by atoms with Gasteiger partial charge >= 0.3 is 0 Å². The third-order valence-electron chi connectivity index (χ3n) is 3.04. The molecule has 0 radical (unpaired) electrons. The molecule has 0 aromatic carbocycles. The van der Waals surface area contributed by atoms with Crippen LogP contribution in [0.25, 0.3) is 0 Å². The lowest BCUT2D eigenvalue weighted by Crippen LogP contribution is -2.32. The van der Waals surface area contributed by atoms with Crippen molar-refractivity contribution >= 4 is 17.4 Å². The van der Waals surface area contributed by atoms with Crippen LogP contribution in [0.3, 0.4) is 0 Å². The van der Waals surface area contributed by atoms with E-state index in [2.05, 4.69) is 10.3 Å². The molecule has 1 aromatic rings. The van der Waals surface area contributed by atoms with E-state index < -0.39 is 0 Å². The molecule has 1 aliphatic carbocycles. The number of halogens is 1. The Morgan fingerprint density at radius 3 is 2.81 bits per heavy atom. The first-order chi connectivity index (χ1) is 7.75. The minimum atomic E-state index is -0.264. The summed E-state index contributed by atoms with van der Waals surface area (Å²) in [4.78, 5) is 4.18. The molecule has 16 heavy (non-hydrogen) atoms. The summed E-state index contributed by atoms with van der Waals surface area (Å²) in [5.41, 5.74) is 0. The van der Waals surface area contributed by atoms with Gasteiger partial charge in [-0.2, -0.15) is 0 Å². The highest BCUT2D eigenvalue weighted by atomic mass is 35.5. The van der Waals surface area contributed by atoms with E-state index in [9.17, 15) is 5.11 Å². The molecular weight excluding hydrogens is 224 g/mol. The number of nitrogens with one attached hydrogen (secondary N) is 1. The number of hydrogen-bond acceptors (Lipinski definition) is 3. The van der Waals surface area contributed by atoms with E-state index in [1.54, 1.807) is 12.3 Å². The summed E-state index contributed by atoms with van der Waals surface area (Å²) in [7, 11) is 0. The number of hydrogen-bond donors (Lipinski definition) is 2. The van der Waals surface area contributed by atoms with Crippen molar-refractivity contribution in [3.8, 4) is 0 Å². The van der Waals surface area contributed by atoms with Crippen LogP contribution >= 0.6 is 11.6 Å². The maximum Gasteiger partial charge on any atom is 0.126 e. The Balaban J connectivity index is 1.99. The molecule has 0 spiro atoms. The molecule has 0 amide bonds. The summed E-state index contributed by atoms with van der Waals surface area (Å²) in [5.74, 6) is 0.787. The van der Waals surface area contributed by atoms with Crippen molar-refractivity contribution in [3.05, 3.63) is 23.4 Å². The number of aliphatic hydroxyl groups excluding tert-OH is 1. The van der Waals surface area contributed by atoms with Gasteiger partial charge in [0.2, 0.25) is 0 Å². The number of rotatable bonds is 2. The van der Waals surface area contributed by atoms with Crippen molar-refractivity contribution < 1.29 is 5.11 Å². The molecule has 1 saturated carbocycles. The van der Waals surface area contributed by atoms with Crippen LogP contribution in [0, 0.1) is 0 Å². The molecule has 3 nitrogen and oxygen atoms in total. The number of pyridine rings is 1. The second-order valence-corrected chi connectivity index (χ2v) is 4.75. The van der Waals surface area contributed by atoms with Crippen molar-refractivity contribution in [2.75, 3.05) is 5.32 Å². The van der Waals surface area contributed by atoms with Gasteiger partial charge in [-0.05, 0) is 25.0 Å². The first-order valence-corrected chi connectivity index (χ1v) is 6.19.